The molecule has 0 aliphatic carbocycles. The third-order valence-corrected chi connectivity index (χ3v) is 3.61. The van der Waals surface area contributed by atoms with Gasteiger partial charge in [-0.15, -0.1) is 0 Å². The molecule has 1 aromatic carbocycles. The van der Waals surface area contributed by atoms with E-state index in [2.05, 4.69) is 5.32 Å². The lowest BCUT2D eigenvalue weighted by Crippen LogP contribution is -2.39. The van der Waals surface area contributed by atoms with E-state index in [1.807, 2.05) is 0 Å². The molecule has 102 valence electrons. The Morgan fingerprint density at radius 3 is 2.32 bits per heavy atom. The Labute approximate surface area is 121 Å². The number of likely N-dealkylation sites (tertiary alicyclic amines) is 1. The molecule has 19 heavy (non-hydrogen) atoms. The van der Waals surface area contributed by atoms with E-state index in [0.29, 0.717) is 15.7 Å². The Morgan fingerprint density at radius 1 is 1.26 bits per heavy atom. The largest absolute Gasteiger partial charge is 0.371 e. The Hall–Kier alpha value is -1.26. The summed E-state index contributed by atoms with van der Waals surface area (Å²) in [5.74, 6) is -0.420. The van der Waals surface area contributed by atoms with E-state index in [-0.39, 0.29) is 24.3 Å². The zero-order valence-corrected chi connectivity index (χ0v) is 12.1. The van der Waals surface area contributed by atoms with Crippen molar-refractivity contribution in [2.75, 3.05) is 5.32 Å². The SMILES string of the molecule is CC(C)N1C(=O)CC(Nc2c(Cl)cccc2Cl)C1=O. The number of anilines is 1. The maximum absolute atomic E-state index is 12.1. The summed E-state index contributed by atoms with van der Waals surface area (Å²) in [5.41, 5.74) is 0.489. The molecule has 0 saturated carbocycles. The Morgan fingerprint density at radius 2 is 1.84 bits per heavy atom. The lowest BCUT2D eigenvalue weighted by atomic mass is 10.2. The van der Waals surface area contributed by atoms with Crippen LogP contribution in [0.5, 0.6) is 0 Å². The van der Waals surface area contributed by atoms with Crippen molar-refractivity contribution in [3.8, 4) is 0 Å². The summed E-state index contributed by atoms with van der Waals surface area (Å²) in [6.07, 6.45) is 0.124. The van der Waals surface area contributed by atoms with Crippen molar-refractivity contribution in [1.82, 2.24) is 4.90 Å². The minimum absolute atomic E-state index is 0.124. The smallest absolute Gasteiger partial charge is 0.252 e. The topological polar surface area (TPSA) is 49.4 Å². The van der Waals surface area contributed by atoms with Gasteiger partial charge >= 0.3 is 0 Å². The summed E-state index contributed by atoms with van der Waals surface area (Å²) in [6, 6.07) is 4.33. The molecule has 0 bridgehead atoms. The molecule has 2 rings (SSSR count). The standard InChI is InChI=1S/C13H14Cl2N2O2/c1-7(2)17-11(18)6-10(13(17)19)16-12-8(14)4-3-5-9(12)15/h3-5,7,10,16H,6H2,1-2H3. The van der Waals surface area contributed by atoms with Crippen LogP contribution in [0.25, 0.3) is 0 Å². The van der Waals surface area contributed by atoms with E-state index < -0.39 is 6.04 Å². The van der Waals surface area contributed by atoms with Gasteiger partial charge in [0.15, 0.2) is 0 Å². The molecule has 0 radical (unpaired) electrons. The normalized spacial score (nSPS) is 19.4. The summed E-state index contributed by atoms with van der Waals surface area (Å²) in [7, 11) is 0. The summed E-state index contributed by atoms with van der Waals surface area (Å²) in [5, 5.41) is 3.82. The van der Waals surface area contributed by atoms with Gasteiger partial charge in [-0.25, -0.2) is 0 Å². The Kier molecular flexibility index (Phi) is 4.02. The highest BCUT2D eigenvalue weighted by molar-refractivity contribution is 6.39. The first kappa shape index (κ1) is 14.2. The number of carbonyl (C=O) groups excluding carboxylic acids is 2. The van der Waals surface area contributed by atoms with Crippen LogP contribution >= 0.6 is 23.2 Å². The number of hydrogen-bond acceptors (Lipinski definition) is 3. The molecule has 1 N–H and O–H groups in total. The molecular formula is C13H14Cl2N2O2. The molecule has 6 heteroatoms. The maximum atomic E-state index is 12.1. The van der Waals surface area contributed by atoms with Gasteiger partial charge in [-0.3, -0.25) is 14.5 Å². The van der Waals surface area contributed by atoms with Gasteiger partial charge in [-0.05, 0) is 26.0 Å². The number of amides is 2. The van der Waals surface area contributed by atoms with Gasteiger partial charge < -0.3 is 5.32 Å². The van der Waals surface area contributed by atoms with E-state index in [1.54, 1.807) is 32.0 Å². The number of carbonyl (C=O) groups is 2. The third-order valence-electron chi connectivity index (χ3n) is 2.98. The zero-order chi connectivity index (χ0) is 14.2. The van der Waals surface area contributed by atoms with Crippen molar-refractivity contribution < 1.29 is 9.59 Å². The number of nitrogens with one attached hydrogen (secondary N) is 1. The molecule has 1 heterocycles. The average molecular weight is 301 g/mol. The van der Waals surface area contributed by atoms with E-state index in [4.69, 9.17) is 23.2 Å². The first-order valence-corrected chi connectivity index (χ1v) is 6.74. The highest BCUT2D eigenvalue weighted by Crippen LogP contribution is 2.32. The van der Waals surface area contributed by atoms with E-state index in [1.165, 1.54) is 4.90 Å². The van der Waals surface area contributed by atoms with Gasteiger partial charge in [0.25, 0.3) is 5.91 Å². The van der Waals surface area contributed by atoms with Crippen LogP contribution in [0, 0.1) is 0 Å². The third kappa shape index (κ3) is 2.69. The fourth-order valence-electron chi connectivity index (χ4n) is 2.12. The zero-order valence-electron chi connectivity index (χ0n) is 10.6. The van der Waals surface area contributed by atoms with Gasteiger partial charge in [0, 0.05) is 6.04 Å². The van der Waals surface area contributed by atoms with Crippen molar-refractivity contribution in [3.05, 3.63) is 28.2 Å². The Balaban J connectivity index is 2.22. The quantitative estimate of drug-likeness (QED) is 0.873. The number of rotatable bonds is 3. The van der Waals surface area contributed by atoms with Crippen LogP contribution in [-0.2, 0) is 9.59 Å². The van der Waals surface area contributed by atoms with Crippen LogP contribution in [0.1, 0.15) is 20.3 Å². The van der Waals surface area contributed by atoms with Crippen molar-refractivity contribution >= 4 is 40.7 Å². The number of benzene rings is 1. The molecule has 1 unspecified atom stereocenters. The second-order valence-electron chi connectivity index (χ2n) is 4.69. The van der Waals surface area contributed by atoms with E-state index in [9.17, 15) is 9.59 Å². The van der Waals surface area contributed by atoms with Crippen LogP contribution in [0.2, 0.25) is 10.0 Å². The summed E-state index contributed by atoms with van der Waals surface area (Å²) in [6.45, 7) is 3.61. The molecule has 1 atom stereocenters. The van der Waals surface area contributed by atoms with Crippen molar-refractivity contribution in [1.29, 1.82) is 0 Å². The number of halogens is 2. The van der Waals surface area contributed by atoms with Crippen LogP contribution < -0.4 is 5.32 Å². The van der Waals surface area contributed by atoms with Crippen LogP contribution in [-0.4, -0.2) is 28.8 Å². The number of imide groups is 1. The minimum atomic E-state index is -0.604. The van der Waals surface area contributed by atoms with Gasteiger partial charge in [-0.1, -0.05) is 29.3 Å². The molecule has 0 spiro atoms. The molecule has 1 saturated heterocycles. The maximum Gasteiger partial charge on any atom is 0.252 e. The molecule has 1 aliphatic rings. The summed E-state index contributed by atoms with van der Waals surface area (Å²) < 4.78 is 0. The van der Waals surface area contributed by atoms with E-state index >= 15 is 0 Å². The molecule has 1 aliphatic heterocycles. The van der Waals surface area contributed by atoms with Gasteiger partial charge in [0.05, 0.1) is 22.2 Å². The van der Waals surface area contributed by atoms with Crippen LogP contribution in [0.4, 0.5) is 5.69 Å². The fourth-order valence-corrected chi connectivity index (χ4v) is 2.62. The molecule has 1 fully saturated rings. The van der Waals surface area contributed by atoms with Crippen molar-refractivity contribution in [2.24, 2.45) is 0 Å². The molecule has 0 aromatic heterocycles. The highest BCUT2D eigenvalue weighted by atomic mass is 35.5. The first-order valence-electron chi connectivity index (χ1n) is 5.98. The minimum Gasteiger partial charge on any atom is -0.371 e. The van der Waals surface area contributed by atoms with Crippen molar-refractivity contribution in [2.45, 2.75) is 32.4 Å². The number of para-hydroxylation sites is 1. The fraction of sp³-hybridized carbons (Fsp3) is 0.385. The van der Waals surface area contributed by atoms with Gasteiger partial charge in [0.2, 0.25) is 5.91 Å². The predicted octanol–water partition coefficient (Wildman–Crippen LogP) is 2.94. The van der Waals surface area contributed by atoms with E-state index in [0.717, 1.165) is 0 Å². The molecular weight excluding hydrogens is 287 g/mol. The number of hydrogen-bond donors (Lipinski definition) is 1. The molecule has 2 amide bonds. The first-order chi connectivity index (χ1) is 8.91. The monoisotopic (exact) mass is 300 g/mol. The predicted molar refractivity (Wildman–Crippen MR) is 75.5 cm³/mol. The number of nitrogens with zero attached hydrogens (tertiary/aromatic N) is 1. The molecule has 4 nitrogen and oxygen atoms in total. The van der Waals surface area contributed by atoms with Gasteiger partial charge in [0.1, 0.15) is 6.04 Å². The lowest BCUT2D eigenvalue weighted by molar-refractivity contribution is -0.140. The molecule has 1 aromatic rings. The lowest BCUT2D eigenvalue weighted by Gasteiger charge is -2.20. The Bertz CT molecular complexity index is 511. The van der Waals surface area contributed by atoms with Gasteiger partial charge in [-0.2, -0.15) is 0 Å². The van der Waals surface area contributed by atoms with Crippen LogP contribution in [0.15, 0.2) is 18.2 Å². The highest BCUT2D eigenvalue weighted by Gasteiger charge is 2.40. The second kappa shape index (κ2) is 5.39. The van der Waals surface area contributed by atoms with Crippen LogP contribution in [0.3, 0.4) is 0 Å². The summed E-state index contributed by atoms with van der Waals surface area (Å²) in [4.78, 5) is 25.2. The van der Waals surface area contributed by atoms with Crippen molar-refractivity contribution in [3.63, 3.8) is 0 Å². The average Bonchev–Trinajstić information content (AvgIpc) is 2.59. The summed E-state index contributed by atoms with van der Waals surface area (Å²) >= 11 is 12.1. The second-order valence-corrected chi connectivity index (χ2v) is 5.51.